The van der Waals surface area contributed by atoms with Gasteiger partial charge < -0.3 is 5.73 Å². The van der Waals surface area contributed by atoms with Gasteiger partial charge in [-0.15, -0.1) is 0 Å². The molecule has 0 saturated heterocycles. The van der Waals surface area contributed by atoms with Crippen LogP contribution in [0.5, 0.6) is 0 Å². The molecular weight excluding hydrogens is 194 g/mol. The predicted octanol–water partition coefficient (Wildman–Crippen LogP) is 3.49. The van der Waals surface area contributed by atoms with Gasteiger partial charge in [-0.3, -0.25) is 0 Å². The minimum atomic E-state index is -0.0219. The Kier molecular flexibility index (Phi) is 2.47. The molecule has 1 heteroatoms. The molecule has 0 radical (unpaired) electrons. The zero-order chi connectivity index (χ0) is 12.0. The highest BCUT2D eigenvalue weighted by atomic mass is 14.8. The van der Waals surface area contributed by atoms with Crippen molar-refractivity contribution in [3.63, 3.8) is 0 Å². The molecule has 16 heavy (non-hydrogen) atoms. The van der Waals surface area contributed by atoms with E-state index in [0.717, 1.165) is 12.8 Å². The Bertz CT molecular complexity index is 408. The lowest BCUT2D eigenvalue weighted by Gasteiger charge is -2.26. The van der Waals surface area contributed by atoms with E-state index in [4.69, 9.17) is 5.73 Å². The molecule has 0 unspecified atom stereocenters. The molecule has 1 nitrogen and oxygen atoms in total. The summed E-state index contributed by atoms with van der Waals surface area (Å²) in [5, 5.41) is 0. The lowest BCUT2D eigenvalue weighted by atomic mass is 9.78. The zero-order valence-electron chi connectivity index (χ0n) is 10.5. The van der Waals surface area contributed by atoms with Gasteiger partial charge in [0.15, 0.2) is 0 Å². The smallest absolute Gasteiger partial charge is 0.0411 e. The SMILES string of the molecule is C=C(C)C(C)(C)c1ccc(C2(N)CC2)cc1. The Morgan fingerprint density at radius 1 is 1.25 bits per heavy atom. The summed E-state index contributed by atoms with van der Waals surface area (Å²) in [6, 6.07) is 8.73. The fourth-order valence-electron chi connectivity index (χ4n) is 1.89. The minimum Gasteiger partial charge on any atom is -0.321 e. The number of benzene rings is 1. The highest BCUT2D eigenvalue weighted by molar-refractivity contribution is 5.38. The van der Waals surface area contributed by atoms with Gasteiger partial charge in [0.25, 0.3) is 0 Å². The molecular formula is C15H21N. The summed E-state index contributed by atoms with van der Waals surface area (Å²) in [4.78, 5) is 0. The van der Waals surface area contributed by atoms with Crippen LogP contribution in [0.4, 0.5) is 0 Å². The zero-order valence-corrected chi connectivity index (χ0v) is 10.5. The Hall–Kier alpha value is -1.08. The van der Waals surface area contributed by atoms with E-state index in [2.05, 4.69) is 51.6 Å². The van der Waals surface area contributed by atoms with Crippen LogP contribution >= 0.6 is 0 Å². The van der Waals surface area contributed by atoms with Crippen molar-refractivity contribution in [2.75, 3.05) is 0 Å². The van der Waals surface area contributed by atoms with Crippen molar-refractivity contribution < 1.29 is 0 Å². The quantitative estimate of drug-likeness (QED) is 0.767. The molecule has 1 aliphatic carbocycles. The number of hydrogen-bond donors (Lipinski definition) is 1. The van der Waals surface area contributed by atoms with E-state index >= 15 is 0 Å². The maximum atomic E-state index is 6.17. The van der Waals surface area contributed by atoms with Gasteiger partial charge in [0.05, 0.1) is 0 Å². The van der Waals surface area contributed by atoms with E-state index in [1.54, 1.807) is 0 Å². The molecule has 1 saturated carbocycles. The van der Waals surface area contributed by atoms with Crippen molar-refractivity contribution in [2.45, 2.75) is 44.6 Å². The molecule has 1 aliphatic rings. The molecule has 0 atom stereocenters. The Balaban J connectivity index is 2.29. The molecule has 0 spiro atoms. The van der Waals surface area contributed by atoms with Gasteiger partial charge in [0.2, 0.25) is 0 Å². The van der Waals surface area contributed by atoms with Gasteiger partial charge in [-0.25, -0.2) is 0 Å². The summed E-state index contributed by atoms with van der Waals surface area (Å²) in [5.41, 5.74) is 9.97. The van der Waals surface area contributed by atoms with E-state index in [1.165, 1.54) is 16.7 Å². The van der Waals surface area contributed by atoms with E-state index < -0.39 is 0 Å². The van der Waals surface area contributed by atoms with E-state index in [9.17, 15) is 0 Å². The molecule has 0 amide bonds. The van der Waals surface area contributed by atoms with Crippen molar-refractivity contribution in [3.05, 3.63) is 47.5 Å². The average Bonchev–Trinajstić information content (AvgIpc) is 2.98. The van der Waals surface area contributed by atoms with E-state index in [-0.39, 0.29) is 11.0 Å². The second kappa shape index (κ2) is 3.46. The molecule has 2 N–H and O–H groups in total. The Morgan fingerprint density at radius 2 is 1.75 bits per heavy atom. The van der Waals surface area contributed by atoms with Gasteiger partial charge in [-0.2, -0.15) is 0 Å². The summed E-state index contributed by atoms with van der Waals surface area (Å²) in [7, 11) is 0. The fourth-order valence-corrected chi connectivity index (χ4v) is 1.89. The summed E-state index contributed by atoms with van der Waals surface area (Å²) in [6.45, 7) is 10.6. The van der Waals surface area contributed by atoms with Crippen LogP contribution in [0, 0.1) is 0 Å². The third-order valence-electron chi connectivity index (χ3n) is 4.04. The van der Waals surface area contributed by atoms with Crippen LogP contribution in [-0.2, 0) is 11.0 Å². The highest BCUT2D eigenvalue weighted by Gasteiger charge is 2.39. The number of nitrogens with two attached hydrogens (primary N) is 1. The normalized spacial score (nSPS) is 18.2. The van der Waals surface area contributed by atoms with Crippen LogP contribution in [0.2, 0.25) is 0 Å². The number of hydrogen-bond acceptors (Lipinski definition) is 1. The number of rotatable bonds is 3. The largest absolute Gasteiger partial charge is 0.321 e. The molecule has 0 aromatic heterocycles. The van der Waals surface area contributed by atoms with Crippen LogP contribution in [0.3, 0.4) is 0 Å². The summed E-state index contributed by atoms with van der Waals surface area (Å²) < 4.78 is 0. The highest BCUT2D eigenvalue weighted by Crippen LogP contribution is 2.43. The second-order valence-corrected chi connectivity index (χ2v) is 5.64. The van der Waals surface area contributed by atoms with Crippen LogP contribution < -0.4 is 5.73 Å². The van der Waals surface area contributed by atoms with Crippen LogP contribution in [0.25, 0.3) is 0 Å². The Labute approximate surface area is 98.4 Å². The van der Waals surface area contributed by atoms with Gasteiger partial charge in [-0.05, 0) is 30.9 Å². The third kappa shape index (κ3) is 1.80. The van der Waals surface area contributed by atoms with Gasteiger partial charge in [0.1, 0.15) is 0 Å². The molecule has 1 aromatic rings. The maximum Gasteiger partial charge on any atom is 0.0411 e. The monoisotopic (exact) mass is 215 g/mol. The molecule has 1 fully saturated rings. The van der Waals surface area contributed by atoms with Crippen LogP contribution in [-0.4, -0.2) is 0 Å². The Morgan fingerprint density at radius 3 is 2.12 bits per heavy atom. The van der Waals surface area contributed by atoms with Crippen molar-refractivity contribution in [1.82, 2.24) is 0 Å². The molecule has 1 aromatic carbocycles. The standard InChI is InChI=1S/C15H21N/c1-11(2)14(3,4)12-5-7-13(8-6-12)15(16)9-10-15/h5-8H,1,9-10,16H2,2-4H3. The lowest BCUT2D eigenvalue weighted by Crippen LogP contribution is -2.21. The molecule has 0 bridgehead atoms. The van der Waals surface area contributed by atoms with Crippen LogP contribution in [0.15, 0.2) is 36.4 Å². The first kappa shape index (κ1) is 11.4. The van der Waals surface area contributed by atoms with Crippen molar-refractivity contribution in [2.24, 2.45) is 5.73 Å². The van der Waals surface area contributed by atoms with Gasteiger partial charge in [-0.1, -0.05) is 50.3 Å². The minimum absolute atomic E-state index is 0.0219. The first-order chi connectivity index (χ1) is 7.36. The summed E-state index contributed by atoms with van der Waals surface area (Å²) in [6.07, 6.45) is 2.24. The summed E-state index contributed by atoms with van der Waals surface area (Å²) >= 11 is 0. The maximum absolute atomic E-state index is 6.17. The lowest BCUT2D eigenvalue weighted by molar-refractivity contribution is 0.624. The third-order valence-corrected chi connectivity index (χ3v) is 4.04. The van der Waals surface area contributed by atoms with Crippen LogP contribution in [0.1, 0.15) is 44.7 Å². The molecule has 2 rings (SSSR count). The predicted molar refractivity (Wildman–Crippen MR) is 69.4 cm³/mol. The molecule has 0 heterocycles. The first-order valence-electron chi connectivity index (χ1n) is 5.92. The second-order valence-electron chi connectivity index (χ2n) is 5.64. The average molecular weight is 215 g/mol. The van der Waals surface area contributed by atoms with Crippen molar-refractivity contribution >= 4 is 0 Å². The summed E-state index contributed by atoms with van der Waals surface area (Å²) in [5.74, 6) is 0. The van der Waals surface area contributed by atoms with Crippen molar-refractivity contribution in [1.29, 1.82) is 0 Å². The van der Waals surface area contributed by atoms with Gasteiger partial charge >= 0.3 is 0 Å². The molecule has 0 aliphatic heterocycles. The number of allylic oxidation sites excluding steroid dienone is 1. The van der Waals surface area contributed by atoms with E-state index in [0.29, 0.717) is 0 Å². The first-order valence-corrected chi connectivity index (χ1v) is 5.92. The topological polar surface area (TPSA) is 26.0 Å². The molecule has 86 valence electrons. The van der Waals surface area contributed by atoms with E-state index in [1.807, 2.05) is 0 Å². The fraction of sp³-hybridized carbons (Fsp3) is 0.467. The van der Waals surface area contributed by atoms with Crippen molar-refractivity contribution in [3.8, 4) is 0 Å². The van der Waals surface area contributed by atoms with Gasteiger partial charge in [0, 0.05) is 11.0 Å².